The van der Waals surface area contributed by atoms with E-state index in [1.807, 2.05) is 19.1 Å². The maximum atomic E-state index is 14.2. The first-order valence-electron chi connectivity index (χ1n) is 10.4. The van der Waals surface area contributed by atoms with E-state index in [4.69, 9.17) is 10.5 Å². The summed E-state index contributed by atoms with van der Waals surface area (Å²) in [5.41, 5.74) is 9.12. The Labute approximate surface area is 194 Å². The van der Waals surface area contributed by atoms with Gasteiger partial charge in [-0.05, 0) is 77.6 Å². The van der Waals surface area contributed by atoms with Crippen molar-refractivity contribution in [3.05, 3.63) is 69.3 Å². The van der Waals surface area contributed by atoms with E-state index in [-0.39, 0.29) is 17.7 Å². The SMILES string of the molecule is C[C@@H](Oc1cc(Br)cnc1N)c1cc(F)ccc1CN1CCCC1c1cc(C#N)n(C)n1. The highest BCUT2D eigenvalue weighted by Gasteiger charge is 2.29. The molecule has 1 aliphatic heterocycles. The number of likely N-dealkylation sites (tertiary alicyclic amines) is 1. The second-order valence-corrected chi connectivity index (χ2v) is 8.87. The van der Waals surface area contributed by atoms with Crippen LogP contribution < -0.4 is 10.5 Å². The highest BCUT2D eigenvalue weighted by molar-refractivity contribution is 9.10. The van der Waals surface area contributed by atoms with Gasteiger partial charge in [-0.2, -0.15) is 10.4 Å². The Hall–Kier alpha value is -2.96. The Morgan fingerprint density at radius 1 is 1.38 bits per heavy atom. The van der Waals surface area contributed by atoms with Gasteiger partial charge in [-0.1, -0.05) is 6.07 Å². The number of nitriles is 1. The number of pyridine rings is 1. The van der Waals surface area contributed by atoms with Gasteiger partial charge in [-0.25, -0.2) is 9.37 Å². The van der Waals surface area contributed by atoms with Crippen molar-refractivity contribution < 1.29 is 9.13 Å². The summed E-state index contributed by atoms with van der Waals surface area (Å²) in [7, 11) is 1.78. The van der Waals surface area contributed by atoms with Gasteiger partial charge in [0, 0.05) is 24.3 Å². The third-order valence-corrected chi connectivity index (χ3v) is 6.22. The molecule has 2 N–H and O–H groups in total. The Bertz CT molecular complexity index is 1170. The topological polar surface area (TPSA) is 93.0 Å². The largest absolute Gasteiger partial charge is 0.482 e. The number of halogens is 2. The zero-order valence-corrected chi connectivity index (χ0v) is 19.5. The number of anilines is 1. The maximum Gasteiger partial charge on any atom is 0.166 e. The molecule has 3 aromatic rings. The zero-order valence-electron chi connectivity index (χ0n) is 17.9. The monoisotopic (exact) mass is 498 g/mol. The Balaban J connectivity index is 1.59. The lowest BCUT2D eigenvalue weighted by molar-refractivity contribution is 0.215. The van der Waals surface area contributed by atoms with Crippen LogP contribution in [-0.2, 0) is 13.6 Å². The molecule has 9 heteroatoms. The fourth-order valence-electron chi connectivity index (χ4n) is 4.19. The number of hydrogen-bond donors (Lipinski definition) is 1. The van der Waals surface area contributed by atoms with Gasteiger partial charge in [0.2, 0.25) is 0 Å². The lowest BCUT2D eigenvalue weighted by Crippen LogP contribution is -2.24. The minimum atomic E-state index is -0.430. The van der Waals surface area contributed by atoms with E-state index in [0.29, 0.717) is 18.0 Å². The molecule has 2 aromatic heterocycles. The summed E-state index contributed by atoms with van der Waals surface area (Å²) in [6.07, 6.45) is 3.17. The van der Waals surface area contributed by atoms with Crippen molar-refractivity contribution in [1.82, 2.24) is 19.7 Å². The van der Waals surface area contributed by atoms with E-state index >= 15 is 0 Å². The summed E-state index contributed by atoms with van der Waals surface area (Å²) in [6.45, 7) is 3.40. The molecule has 32 heavy (non-hydrogen) atoms. The predicted octanol–water partition coefficient (Wildman–Crippen LogP) is 4.65. The zero-order chi connectivity index (χ0) is 22.8. The minimum absolute atomic E-state index is 0.113. The number of hydrogen-bond acceptors (Lipinski definition) is 6. The van der Waals surface area contributed by atoms with Crippen molar-refractivity contribution in [2.75, 3.05) is 12.3 Å². The van der Waals surface area contributed by atoms with E-state index in [0.717, 1.165) is 40.7 Å². The number of rotatable bonds is 6. The van der Waals surface area contributed by atoms with Gasteiger partial charge in [-0.15, -0.1) is 0 Å². The van der Waals surface area contributed by atoms with Gasteiger partial charge in [0.25, 0.3) is 0 Å². The molecule has 0 radical (unpaired) electrons. The molecule has 3 heterocycles. The van der Waals surface area contributed by atoms with E-state index in [9.17, 15) is 9.65 Å². The molecule has 1 saturated heterocycles. The molecular weight excluding hydrogens is 475 g/mol. The average molecular weight is 499 g/mol. The van der Waals surface area contributed by atoms with Gasteiger partial charge in [-0.3, -0.25) is 9.58 Å². The van der Waals surface area contributed by atoms with Gasteiger partial charge >= 0.3 is 0 Å². The van der Waals surface area contributed by atoms with Crippen molar-refractivity contribution in [2.45, 2.75) is 38.5 Å². The molecule has 0 amide bonds. The van der Waals surface area contributed by atoms with Crippen molar-refractivity contribution in [2.24, 2.45) is 7.05 Å². The Kier molecular flexibility index (Phi) is 6.44. The highest BCUT2D eigenvalue weighted by atomic mass is 79.9. The molecule has 0 aliphatic carbocycles. The number of aryl methyl sites for hydroxylation is 1. The van der Waals surface area contributed by atoms with Crippen LogP contribution in [-0.4, -0.2) is 26.2 Å². The third kappa shape index (κ3) is 4.61. The molecule has 1 aliphatic rings. The minimum Gasteiger partial charge on any atom is -0.482 e. The normalized spacial score (nSPS) is 17.3. The lowest BCUT2D eigenvalue weighted by Gasteiger charge is -2.26. The highest BCUT2D eigenvalue weighted by Crippen LogP contribution is 2.35. The summed E-state index contributed by atoms with van der Waals surface area (Å²) in [5.74, 6) is 0.403. The fourth-order valence-corrected chi connectivity index (χ4v) is 4.50. The first kappa shape index (κ1) is 22.2. The predicted molar refractivity (Wildman–Crippen MR) is 122 cm³/mol. The van der Waals surface area contributed by atoms with Crippen molar-refractivity contribution in [1.29, 1.82) is 5.26 Å². The third-order valence-electron chi connectivity index (χ3n) is 5.79. The summed E-state index contributed by atoms with van der Waals surface area (Å²) in [5, 5.41) is 13.8. The van der Waals surface area contributed by atoms with E-state index in [1.54, 1.807) is 24.0 Å². The molecular formula is C23H24BrFN6O. The van der Waals surface area contributed by atoms with Gasteiger partial charge in [0.15, 0.2) is 11.6 Å². The molecule has 0 bridgehead atoms. The molecule has 4 rings (SSSR count). The summed E-state index contributed by atoms with van der Waals surface area (Å²) in [4.78, 5) is 6.42. The molecule has 166 valence electrons. The number of nitrogen functional groups attached to an aromatic ring is 1. The van der Waals surface area contributed by atoms with Crippen LogP contribution in [0, 0.1) is 17.1 Å². The van der Waals surface area contributed by atoms with Crippen LogP contribution in [0.4, 0.5) is 10.2 Å². The van der Waals surface area contributed by atoms with Crippen LogP contribution in [0.15, 0.2) is 41.0 Å². The fraction of sp³-hybridized carbons (Fsp3) is 0.348. The van der Waals surface area contributed by atoms with Gasteiger partial charge in [0.05, 0.1) is 11.7 Å². The summed E-state index contributed by atoms with van der Waals surface area (Å²) < 4.78 is 22.6. The van der Waals surface area contributed by atoms with Crippen LogP contribution >= 0.6 is 15.9 Å². The second-order valence-electron chi connectivity index (χ2n) is 7.96. The lowest BCUT2D eigenvalue weighted by atomic mass is 10.0. The first-order chi connectivity index (χ1) is 15.4. The molecule has 1 fully saturated rings. The number of aromatic nitrogens is 3. The van der Waals surface area contributed by atoms with Crippen molar-refractivity contribution in [3.63, 3.8) is 0 Å². The quantitative estimate of drug-likeness (QED) is 0.531. The van der Waals surface area contributed by atoms with Gasteiger partial charge < -0.3 is 10.5 Å². The Morgan fingerprint density at radius 3 is 2.94 bits per heavy atom. The molecule has 0 saturated carbocycles. The van der Waals surface area contributed by atoms with Crippen molar-refractivity contribution in [3.8, 4) is 11.8 Å². The molecule has 2 atom stereocenters. The number of nitrogens with zero attached hydrogens (tertiary/aromatic N) is 5. The molecule has 7 nitrogen and oxygen atoms in total. The van der Waals surface area contributed by atoms with Crippen LogP contribution in [0.5, 0.6) is 5.75 Å². The molecule has 0 spiro atoms. The molecule has 1 aromatic carbocycles. The number of benzene rings is 1. The second kappa shape index (κ2) is 9.27. The Morgan fingerprint density at radius 2 is 2.19 bits per heavy atom. The summed E-state index contributed by atoms with van der Waals surface area (Å²) in [6, 6.07) is 10.7. The average Bonchev–Trinajstić information content (AvgIpc) is 3.37. The number of ether oxygens (including phenoxy) is 1. The van der Waals surface area contributed by atoms with Crippen LogP contribution in [0.1, 0.15) is 54.4 Å². The maximum absolute atomic E-state index is 14.2. The first-order valence-corrected chi connectivity index (χ1v) is 11.2. The summed E-state index contributed by atoms with van der Waals surface area (Å²) >= 11 is 3.38. The number of nitrogens with two attached hydrogens (primary N) is 1. The standard InChI is InChI=1S/C23H24BrFN6O/c1-14(32-22-8-16(24)12-28-23(22)27)19-9-17(25)6-5-15(19)13-31-7-3-4-21(31)20-10-18(11-26)30(2)29-20/h5-6,8-10,12,14,21H,3-4,7,13H2,1-2H3,(H2,27,28)/t14-,21?/m1/s1. The van der Waals surface area contributed by atoms with E-state index in [1.165, 1.54) is 12.1 Å². The van der Waals surface area contributed by atoms with Crippen molar-refractivity contribution >= 4 is 21.7 Å². The van der Waals surface area contributed by atoms with Crippen LogP contribution in [0.2, 0.25) is 0 Å². The van der Waals surface area contributed by atoms with E-state index in [2.05, 4.69) is 37.0 Å². The van der Waals surface area contributed by atoms with E-state index < -0.39 is 6.10 Å². The molecule has 1 unspecified atom stereocenters. The van der Waals surface area contributed by atoms with Gasteiger partial charge in [0.1, 0.15) is 23.7 Å². The van der Waals surface area contributed by atoms with Crippen LogP contribution in [0.3, 0.4) is 0 Å². The smallest absolute Gasteiger partial charge is 0.166 e. The van der Waals surface area contributed by atoms with Crippen LogP contribution in [0.25, 0.3) is 0 Å².